The molecule has 2 aliphatic rings. The van der Waals surface area contributed by atoms with E-state index < -0.39 is 0 Å². The van der Waals surface area contributed by atoms with E-state index in [2.05, 4.69) is 4.90 Å². The average Bonchev–Trinajstić information content (AvgIpc) is 2.89. The molecule has 0 unspecified atom stereocenters. The molecule has 0 radical (unpaired) electrons. The molecule has 0 aromatic heterocycles. The second kappa shape index (κ2) is 10.5. The van der Waals surface area contributed by atoms with Gasteiger partial charge in [0.25, 0.3) is 0 Å². The predicted octanol–water partition coefficient (Wildman–Crippen LogP) is 4.47. The molecule has 0 aromatic rings. The topological polar surface area (TPSA) is 3.24 Å². The van der Waals surface area contributed by atoms with Crippen molar-refractivity contribution in [1.29, 1.82) is 0 Å². The smallest absolute Gasteiger partial charge is 0.00952 e. The standard InChI is InChI=1S/C10H19N.2C2H6/c1-4-8-11(9-5-1)10-6-2-3-7-10;2*1-2/h10H,1-9H2;2*1-2H3. The minimum Gasteiger partial charge on any atom is -0.300 e. The molecule has 0 amide bonds. The molecule has 1 nitrogen and oxygen atoms in total. The van der Waals surface area contributed by atoms with Crippen LogP contribution in [0.15, 0.2) is 0 Å². The molecule has 92 valence electrons. The molecular formula is C14H31N. The highest BCUT2D eigenvalue weighted by atomic mass is 15.2. The van der Waals surface area contributed by atoms with Gasteiger partial charge in [-0.3, -0.25) is 0 Å². The molecule has 0 N–H and O–H groups in total. The fraction of sp³-hybridized carbons (Fsp3) is 1.00. The van der Waals surface area contributed by atoms with Crippen molar-refractivity contribution in [3.63, 3.8) is 0 Å². The van der Waals surface area contributed by atoms with E-state index >= 15 is 0 Å². The molecule has 1 aliphatic carbocycles. The molecule has 0 bridgehead atoms. The van der Waals surface area contributed by atoms with E-state index in [9.17, 15) is 0 Å². The van der Waals surface area contributed by atoms with Gasteiger partial charge in [-0.1, -0.05) is 47.0 Å². The maximum absolute atomic E-state index is 2.73. The van der Waals surface area contributed by atoms with Crippen LogP contribution in [0, 0.1) is 0 Å². The summed E-state index contributed by atoms with van der Waals surface area (Å²) < 4.78 is 0. The third kappa shape index (κ3) is 5.55. The van der Waals surface area contributed by atoms with E-state index in [-0.39, 0.29) is 0 Å². The first kappa shape index (κ1) is 15.0. The first-order valence-corrected chi connectivity index (χ1v) is 7.21. The molecule has 0 spiro atoms. The zero-order chi connectivity index (χ0) is 11.5. The Balaban J connectivity index is 0.000000442. The van der Waals surface area contributed by atoms with Gasteiger partial charge < -0.3 is 4.90 Å². The monoisotopic (exact) mass is 213 g/mol. The Bertz CT molecular complexity index is 111. The number of nitrogens with zero attached hydrogens (tertiary/aromatic N) is 1. The van der Waals surface area contributed by atoms with Crippen LogP contribution in [0.1, 0.15) is 72.6 Å². The van der Waals surface area contributed by atoms with Crippen LogP contribution in [0.3, 0.4) is 0 Å². The number of rotatable bonds is 1. The normalized spacial score (nSPS) is 22.4. The molecule has 1 heteroatoms. The van der Waals surface area contributed by atoms with E-state index in [0.717, 1.165) is 6.04 Å². The van der Waals surface area contributed by atoms with Gasteiger partial charge in [0.05, 0.1) is 0 Å². The van der Waals surface area contributed by atoms with Gasteiger partial charge in [0.15, 0.2) is 0 Å². The minimum atomic E-state index is 0.982. The molecule has 1 saturated carbocycles. The lowest BCUT2D eigenvalue weighted by atomic mass is 10.1. The van der Waals surface area contributed by atoms with Crippen molar-refractivity contribution in [2.45, 2.75) is 78.7 Å². The van der Waals surface area contributed by atoms with Gasteiger partial charge in [0.1, 0.15) is 0 Å². The van der Waals surface area contributed by atoms with Crippen LogP contribution in [-0.2, 0) is 0 Å². The van der Waals surface area contributed by atoms with Gasteiger partial charge in [-0.15, -0.1) is 0 Å². The molecule has 2 fully saturated rings. The zero-order valence-corrected chi connectivity index (χ0v) is 11.4. The van der Waals surface area contributed by atoms with Crippen LogP contribution in [0.4, 0.5) is 0 Å². The van der Waals surface area contributed by atoms with Crippen molar-refractivity contribution < 1.29 is 0 Å². The van der Waals surface area contributed by atoms with Gasteiger partial charge in [0, 0.05) is 6.04 Å². The second-order valence-electron chi connectivity index (χ2n) is 4.03. The molecular weight excluding hydrogens is 182 g/mol. The lowest BCUT2D eigenvalue weighted by molar-refractivity contribution is 0.165. The maximum Gasteiger partial charge on any atom is 0.00952 e. The molecule has 0 atom stereocenters. The lowest BCUT2D eigenvalue weighted by Gasteiger charge is -2.31. The van der Waals surface area contributed by atoms with E-state index in [0.29, 0.717) is 0 Å². The predicted molar refractivity (Wildman–Crippen MR) is 70.4 cm³/mol. The van der Waals surface area contributed by atoms with Crippen molar-refractivity contribution in [2.75, 3.05) is 13.1 Å². The molecule has 1 aliphatic heterocycles. The fourth-order valence-corrected chi connectivity index (χ4v) is 2.55. The fourth-order valence-electron chi connectivity index (χ4n) is 2.55. The Morgan fingerprint density at radius 2 is 1.13 bits per heavy atom. The van der Waals surface area contributed by atoms with Crippen LogP contribution < -0.4 is 0 Å². The molecule has 15 heavy (non-hydrogen) atoms. The van der Waals surface area contributed by atoms with Gasteiger partial charge in [-0.25, -0.2) is 0 Å². The summed E-state index contributed by atoms with van der Waals surface area (Å²) in [4.78, 5) is 2.73. The summed E-state index contributed by atoms with van der Waals surface area (Å²) in [7, 11) is 0. The highest BCUT2D eigenvalue weighted by molar-refractivity contribution is 4.79. The van der Waals surface area contributed by atoms with Crippen molar-refractivity contribution in [3.8, 4) is 0 Å². The van der Waals surface area contributed by atoms with E-state index in [1.165, 1.54) is 58.0 Å². The molecule has 2 rings (SSSR count). The molecule has 1 heterocycles. The van der Waals surface area contributed by atoms with Crippen LogP contribution in [0.2, 0.25) is 0 Å². The summed E-state index contributed by atoms with van der Waals surface area (Å²) in [5.41, 5.74) is 0. The van der Waals surface area contributed by atoms with E-state index in [1.807, 2.05) is 27.7 Å². The Morgan fingerprint density at radius 3 is 1.60 bits per heavy atom. The number of hydrogen-bond acceptors (Lipinski definition) is 1. The SMILES string of the molecule is C1CCN(C2CCCC2)CC1.CC.CC. The summed E-state index contributed by atoms with van der Waals surface area (Å²) in [6.07, 6.45) is 10.3. The number of piperidine rings is 1. The Labute approximate surface area is 97.2 Å². The highest BCUT2D eigenvalue weighted by Crippen LogP contribution is 2.25. The number of likely N-dealkylation sites (tertiary alicyclic amines) is 1. The van der Waals surface area contributed by atoms with Crippen LogP contribution in [0.25, 0.3) is 0 Å². The van der Waals surface area contributed by atoms with Crippen molar-refractivity contribution in [3.05, 3.63) is 0 Å². The summed E-state index contributed by atoms with van der Waals surface area (Å²) in [5.74, 6) is 0. The van der Waals surface area contributed by atoms with Gasteiger partial charge in [-0.2, -0.15) is 0 Å². The van der Waals surface area contributed by atoms with E-state index in [4.69, 9.17) is 0 Å². The van der Waals surface area contributed by atoms with Crippen molar-refractivity contribution >= 4 is 0 Å². The first-order valence-electron chi connectivity index (χ1n) is 7.21. The summed E-state index contributed by atoms with van der Waals surface area (Å²) >= 11 is 0. The Morgan fingerprint density at radius 1 is 0.667 bits per heavy atom. The lowest BCUT2D eigenvalue weighted by Crippen LogP contribution is -2.37. The average molecular weight is 213 g/mol. The first-order chi connectivity index (χ1) is 7.47. The van der Waals surface area contributed by atoms with Crippen LogP contribution in [0.5, 0.6) is 0 Å². The summed E-state index contributed by atoms with van der Waals surface area (Å²) in [6, 6.07) is 0.982. The zero-order valence-electron chi connectivity index (χ0n) is 11.4. The third-order valence-corrected chi connectivity index (χ3v) is 3.23. The van der Waals surface area contributed by atoms with Crippen molar-refractivity contribution in [1.82, 2.24) is 4.90 Å². The highest BCUT2D eigenvalue weighted by Gasteiger charge is 2.23. The summed E-state index contributed by atoms with van der Waals surface area (Å²) in [5, 5.41) is 0. The van der Waals surface area contributed by atoms with Crippen molar-refractivity contribution in [2.24, 2.45) is 0 Å². The molecule has 1 saturated heterocycles. The Hall–Kier alpha value is -0.0400. The van der Waals surface area contributed by atoms with Gasteiger partial charge in [-0.05, 0) is 38.8 Å². The van der Waals surface area contributed by atoms with Crippen LogP contribution >= 0.6 is 0 Å². The summed E-state index contributed by atoms with van der Waals surface area (Å²) in [6.45, 7) is 10.8. The van der Waals surface area contributed by atoms with E-state index in [1.54, 1.807) is 0 Å². The maximum atomic E-state index is 2.73. The quantitative estimate of drug-likeness (QED) is 0.621. The third-order valence-electron chi connectivity index (χ3n) is 3.23. The van der Waals surface area contributed by atoms with Gasteiger partial charge >= 0.3 is 0 Å². The van der Waals surface area contributed by atoms with Crippen LogP contribution in [-0.4, -0.2) is 24.0 Å². The second-order valence-corrected chi connectivity index (χ2v) is 4.03. The Kier molecular flexibility index (Phi) is 10.4. The largest absolute Gasteiger partial charge is 0.300 e. The minimum absolute atomic E-state index is 0.982. The van der Waals surface area contributed by atoms with Gasteiger partial charge in [0.2, 0.25) is 0 Å². The number of hydrogen-bond donors (Lipinski definition) is 0. The molecule has 0 aromatic carbocycles.